The van der Waals surface area contributed by atoms with Crippen LogP contribution >= 0.6 is 15.9 Å². The van der Waals surface area contributed by atoms with E-state index < -0.39 is 53.9 Å². The van der Waals surface area contributed by atoms with Crippen LogP contribution in [0.1, 0.15) is 31.2 Å². The first-order valence-corrected chi connectivity index (χ1v) is 15.8. The van der Waals surface area contributed by atoms with Crippen LogP contribution in [-0.2, 0) is 19.2 Å². The first-order valence-electron chi connectivity index (χ1n) is 15.0. The lowest BCUT2D eigenvalue weighted by Gasteiger charge is -2.49. The molecule has 234 valence electrons. The molecule has 4 amide bonds. The Morgan fingerprint density at radius 1 is 0.891 bits per heavy atom. The van der Waals surface area contributed by atoms with E-state index in [-0.39, 0.29) is 47.3 Å². The summed E-state index contributed by atoms with van der Waals surface area (Å²) in [5.74, 6) is -5.00. The number of rotatable bonds is 5. The van der Waals surface area contributed by atoms with E-state index in [0.29, 0.717) is 15.7 Å². The number of methoxy groups -OCH3 is 1. The molecule has 3 aromatic rings. The van der Waals surface area contributed by atoms with Gasteiger partial charge in [-0.15, -0.1) is 0 Å². The van der Waals surface area contributed by atoms with Crippen LogP contribution in [0.25, 0.3) is 0 Å². The van der Waals surface area contributed by atoms with Crippen molar-refractivity contribution in [2.75, 3.05) is 16.9 Å². The van der Waals surface area contributed by atoms with Gasteiger partial charge >= 0.3 is 7.12 Å². The molecule has 0 bridgehead atoms. The number of allylic oxidation sites excluding steroid dienone is 2. The number of para-hydroxylation sites is 1. The number of phenols is 1. The number of amides is 4. The van der Waals surface area contributed by atoms with E-state index in [0.717, 1.165) is 10.5 Å². The number of hydrogen-bond acceptors (Lipinski definition) is 8. The summed E-state index contributed by atoms with van der Waals surface area (Å²) in [5, 5.41) is 30.1. The van der Waals surface area contributed by atoms with Crippen LogP contribution < -0.4 is 20.0 Å². The van der Waals surface area contributed by atoms with Gasteiger partial charge in [-0.3, -0.25) is 24.1 Å². The lowest BCUT2D eigenvalue weighted by molar-refractivity contribution is -0.131. The maximum absolute atomic E-state index is 14.5. The number of aromatic hydroxyl groups is 1. The quantitative estimate of drug-likeness (QED) is 0.211. The van der Waals surface area contributed by atoms with Gasteiger partial charge in [0.1, 0.15) is 0 Å². The van der Waals surface area contributed by atoms with Gasteiger partial charge in [-0.1, -0.05) is 42.0 Å². The minimum atomic E-state index is -1.78. The monoisotopic (exact) mass is 684 g/mol. The van der Waals surface area contributed by atoms with Crippen LogP contribution in [0.2, 0.25) is 0 Å². The molecule has 10 nitrogen and oxygen atoms in total. The molecule has 2 aliphatic heterocycles. The molecule has 4 aliphatic rings. The van der Waals surface area contributed by atoms with E-state index in [9.17, 15) is 34.3 Å². The number of nitrogens with zero attached hydrogens (tertiary/aromatic N) is 2. The molecular weight excluding hydrogens is 655 g/mol. The molecule has 2 saturated heterocycles. The van der Waals surface area contributed by atoms with Crippen LogP contribution in [0.15, 0.2) is 82.9 Å². The third kappa shape index (κ3) is 4.23. The zero-order chi connectivity index (χ0) is 32.7. The number of carbonyl (C=O) groups excluding carboxylic acids is 4. The van der Waals surface area contributed by atoms with Crippen molar-refractivity contribution in [2.24, 2.45) is 29.1 Å². The topological polar surface area (TPSA) is 145 Å². The van der Waals surface area contributed by atoms with Gasteiger partial charge in [-0.05, 0) is 89.0 Å². The lowest BCUT2D eigenvalue weighted by atomic mass is 9.51. The SMILES string of the molecule is COc1cc([C@H]2C3=CC[C@@H]4C(=O)N(c5cccc(B(O)O)c5)C(=O)[C@@H]4[C@@H]3C[C@H]3C(=O)N(c4ccccc4)C(=O)[C@@]23C)cc(Br)c1O. The Morgan fingerprint density at radius 3 is 2.30 bits per heavy atom. The highest BCUT2D eigenvalue weighted by Crippen LogP contribution is 2.64. The number of benzene rings is 3. The van der Waals surface area contributed by atoms with Crippen LogP contribution in [0.4, 0.5) is 11.4 Å². The Hall–Kier alpha value is -4.26. The van der Waals surface area contributed by atoms with Crippen molar-refractivity contribution in [3.63, 3.8) is 0 Å². The maximum atomic E-state index is 14.5. The predicted molar refractivity (Wildman–Crippen MR) is 172 cm³/mol. The summed E-state index contributed by atoms with van der Waals surface area (Å²) >= 11 is 3.42. The van der Waals surface area contributed by atoms with Gasteiger partial charge in [-0.25, -0.2) is 4.90 Å². The second-order valence-electron chi connectivity index (χ2n) is 12.5. The first kappa shape index (κ1) is 30.4. The van der Waals surface area contributed by atoms with Crippen LogP contribution in [0, 0.1) is 29.1 Å². The standard InChI is InChI=1S/C34H30BBrN2O8/c1-34-24(31(41)38(33(34)43)19-8-4-3-5-9-19)16-23-21(28(34)17-13-25(36)29(39)26(14-17)46-2)11-12-22-27(23)32(42)37(30(22)40)20-10-6-7-18(15-20)35(44)45/h3-11,13-15,22-24,27-28,39,44-45H,12,16H2,1-2H3/t22-,23+,24-,27-,28-,34+/m0/s1. The van der Waals surface area contributed by atoms with Crippen LogP contribution in [0.5, 0.6) is 11.5 Å². The van der Waals surface area contributed by atoms with E-state index in [1.807, 2.05) is 6.08 Å². The lowest BCUT2D eigenvalue weighted by Crippen LogP contribution is -2.48. The van der Waals surface area contributed by atoms with Crippen molar-refractivity contribution in [1.82, 2.24) is 0 Å². The van der Waals surface area contributed by atoms with Gasteiger partial charge in [-0.2, -0.15) is 0 Å². The van der Waals surface area contributed by atoms with E-state index in [2.05, 4.69) is 15.9 Å². The first-order chi connectivity index (χ1) is 22.0. The van der Waals surface area contributed by atoms with Crippen molar-refractivity contribution in [1.29, 1.82) is 0 Å². The van der Waals surface area contributed by atoms with Crippen molar-refractivity contribution in [3.8, 4) is 11.5 Å². The molecule has 7 rings (SSSR count). The van der Waals surface area contributed by atoms with Gasteiger partial charge in [0, 0.05) is 5.92 Å². The normalized spacial score (nSPS) is 28.5. The molecule has 1 saturated carbocycles. The molecule has 46 heavy (non-hydrogen) atoms. The average molecular weight is 685 g/mol. The van der Waals surface area contributed by atoms with Gasteiger partial charge in [0.25, 0.3) is 0 Å². The number of hydrogen-bond donors (Lipinski definition) is 3. The number of anilines is 2. The Kier molecular flexibility index (Phi) is 7.22. The van der Waals surface area contributed by atoms with Crippen LogP contribution in [-0.4, -0.2) is 53.0 Å². The fraction of sp³-hybridized carbons (Fsp3) is 0.294. The molecule has 3 N–H and O–H groups in total. The fourth-order valence-electron chi connectivity index (χ4n) is 8.21. The van der Waals surface area contributed by atoms with Gasteiger partial charge < -0.3 is 19.9 Å². The second-order valence-corrected chi connectivity index (χ2v) is 13.4. The molecule has 0 spiro atoms. The van der Waals surface area contributed by atoms with E-state index in [4.69, 9.17) is 4.74 Å². The molecule has 0 unspecified atom stereocenters. The van der Waals surface area contributed by atoms with E-state index in [1.165, 1.54) is 24.1 Å². The van der Waals surface area contributed by atoms with Crippen molar-refractivity contribution in [3.05, 3.63) is 88.4 Å². The molecular formula is C34H30BBrN2O8. The highest BCUT2D eigenvalue weighted by Gasteiger charge is 2.67. The summed E-state index contributed by atoms with van der Waals surface area (Å²) in [6.45, 7) is 1.79. The summed E-state index contributed by atoms with van der Waals surface area (Å²) in [5.41, 5.74) is 0.999. The zero-order valence-corrected chi connectivity index (χ0v) is 26.5. The van der Waals surface area contributed by atoms with Gasteiger partial charge in [0.15, 0.2) is 11.5 Å². The molecule has 3 aromatic carbocycles. The predicted octanol–water partition coefficient (Wildman–Crippen LogP) is 3.28. The molecule has 2 heterocycles. The molecule has 0 radical (unpaired) electrons. The van der Waals surface area contributed by atoms with Crippen molar-refractivity contribution >= 4 is 63.5 Å². The Bertz CT molecular complexity index is 1850. The van der Waals surface area contributed by atoms with E-state index in [1.54, 1.807) is 61.5 Å². The number of halogens is 1. The summed E-state index contributed by atoms with van der Waals surface area (Å²) in [6.07, 6.45) is 2.38. The maximum Gasteiger partial charge on any atom is 0.488 e. The molecule has 3 fully saturated rings. The Morgan fingerprint density at radius 2 is 1.61 bits per heavy atom. The van der Waals surface area contributed by atoms with Gasteiger partial charge in [0.2, 0.25) is 23.6 Å². The third-order valence-electron chi connectivity index (χ3n) is 10.3. The smallest absolute Gasteiger partial charge is 0.488 e. The Balaban J connectivity index is 1.38. The average Bonchev–Trinajstić information content (AvgIpc) is 3.42. The number of carbonyl (C=O) groups is 4. The number of phenolic OH excluding ortho intramolecular Hbond substituents is 1. The summed E-state index contributed by atoms with van der Waals surface area (Å²) in [7, 11) is -0.353. The van der Waals surface area contributed by atoms with Crippen LogP contribution in [0.3, 0.4) is 0 Å². The summed E-state index contributed by atoms with van der Waals surface area (Å²) < 4.78 is 5.81. The third-order valence-corrected chi connectivity index (χ3v) is 10.9. The fourth-order valence-corrected chi connectivity index (χ4v) is 8.67. The largest absolute Gasteiger partial charge is 0.503 e. The number of ether oxygens (including phenoxy) is 1. The van der Waals surface area contributed by atoms with Crippen molar-refractivity contribution < 1.29 is 39.1 Å². The second kappa shape index (κ2) is 10.9. The minimum absolute atomic E-state index is 0.111. The molecule has 0 aromatic heterocycles. The molecule has 2 aliphatic carbocycles. The summed E-state index contributed by atoms with van der Waals surface area (Å²) in [4.78, 5) is 59.2. The van der Waals surface area contributed by atoms with E-state index >= 15 is 0 Å². The highest BCUT2D eigenvalue weighted by molar-refractivity contribution is 9.10. The minimum Gasteiger partial charge on any atom is -0.503 e. The Labute approximate surface area is 273 Å². The number of fused-ring (bicyclic) bond motifs is 4. The highest BCUT2D eigenvalue weighted by atomic mass is 79.9. The molecule has 12 heteroatoms. The summed E-state index contributed by atoms with van der Waals surface area (Å²) in [6, 6.07) is 18.1. The van der Waals surface area contributed by atoms with Gasteiger partial charge in [0.05, 0.1) is 46.1 Å². The van der Waals surface area contributed by atoms with Crippen molar-refractivity contribution in [2.45, 2.75) is 25.7 Å². The molecule has 6 atom stereocenters. The zero-order valence-electron chi connectivity index (χ0n) is 25.0. The number of imide groups is 2.